The summed E-state index contributed by atoms with van der Waals surface area (Å²) in [6.45, 7) is 4.47. The zero-order valence-corrected chi connectivity index (χ0v) is 13.6. The molecule has 1 amide bonds. The molecule has 0 radical (unpaired) electrons. The van der Waals surface area contributed by atoms with E-state index in [2.05, 4.69) is 47.6 Å². The number of hydrogen-bond acceptors (Lipinski definition) is 3. The monoisotopic (exact) mass is 307 g/mol. The SMILES string of the molecule is CC(=O)N1CCc2cc(Nc3ccc4c(c3)CN(C)C4)ccc21. The topological polar surface area (TPSA) is 35.6 Å². The molecule has 0 aliphatic carbocycles. The van der Waals surface area contributed by atoms with E-state index in [0.29, 0.717) is 0 Å². The highest BCUT2D eigenvalue weighted by Gasteiger charge is 2.22. The van der Waals surface area contributed by atoms with Crippen LogP contribution < -0.4 is 10.2 Å². The summed E-state index contributed by atoms with van der Waals surface area (Å²) in [5.74, 6) is 0.118. The lowest BCUT2D eigenvalue weighted by Crippen LogP contribution is -2.25. The normalized spacial score (nSPS) is 16.3. The summed E-state index contributed by atoms with van der Waals surface area (Å²) in [5.41, 5.74) is 7.33. The molecule has 4 rings (SSSR count). The van der Waals surface area contributed by atoms with E-state index in [1.54, 1.807) is 6.92 Å². The van der Waals surface area contributed by atoms with Crippen LogP contribution in [0.15, 0.2) is 36.4 Å². The number of fused-ring (bicyclic) bond motifs is 2. The van der Waals surface area contributed by atoms with Crippen LogP contribution >= 0.6 is 0 Å². The first kappa shape index (κ1) is 14.3. The van der Waals surface area contributed by atoms with Crippen LogP contribution in [0.25, 0.3) is 0 Å². The van der Waals surface area contributed by atoms with Gasteiger partial charge in [0.25, 0.3) is 0 Å². The third-order valence-electron chi connectivity index (χ3n) is 4.73. The summed E-state index contributed by atoms with van der Waals surface area (Å²) < 4.78 is 0. The molecule has 118 valence electrons. The summed E-state index contributed by atoms with van der Waals surface area (Å²) in [6.07, 6.45) is 0.930. The number of benzene rings is 2. The van der Waals surface area contributed by atoms with Gasteiger partial charge in [-0.1, -0.05) is 6.07 Å². The minimum Gasteiger partial charge on any atom is -0.356 e. The molecule has 2 aliphatic rings. The molecule has 0 spiro atoms. The van der Waals surface area contributed by atoms with Gasteiger partial charge < -0.3 is 10.2 Å². The zero-order chi connectivity index (χ0) is 16.0. The number of carbonyl (C=O) groups is 1. The van der Waals surface area contributed by atoms with E-state index in [1.165, 1.54) is 16.7 Å². The predicted octanol–water partition coefficient (Wildman–Crippen LogP) is 3.28. The van der Waals surface area contributed by atoms with Gasteiger partial charge in [0.15, 0.2) is 0 Å². The Morgan fingerprint density at radius 1 is 1.00 bits per heavy atom. The van der Waals surface area contributed by atoms with Crippen LogP contribution in [-0.4, -0.2) is 24.4 Å². The van der Waals surface area contributed by atoms with E-state index in [0.717, 1.165) is 43.1 Å². The molecule has 0 atom stereocenters. The molecular formula is C19H21N3O. The van der Waals surface area contributed by atoms with Crippen molar-refractivity contribution < 1.29 is 4.79 Å². The summed E-state index contributed by atoms with van der Waals surface area (Å²) in [5, 5.41) is 3.50. The van der Waals surface area contributed by atoms with Gasteiger partial charge in [-0.2, -0.15) is 0 Å². The summed E-state index contributed by atoms with van der Waals surface area (Å²) >= 11 is 0. The van der Waals surface area contributed by atoms with Crippen molar-refractivity contribution in [1.29, 1.82) is 0 Å². The van der Waals surface area contributed by atoms with Crippen LogP contribution in [-0.2, 0) is 24.3 Å². The van der Waals surface area contributed by atoms with Gasteiger partial charge >= 0.3 is 0 Å². The Bertz CT molecular complexity index is 784. The maximum Gasteiger partial charge on any atom is 0.223 e. The van der Waals surface area contributed by atoms with Crippen molar-refractivity contribution in [3.63, 3.8) is 0 Å². The lowest BCUT2D eigenvalue weighted by molar-refractivity contribution is -0.116. The van der Waals surface area contributed by atoms with Crippen molar-refractivity contribution in [3.8, 4) is 0 Å². The van der Waals surface area contributed by atoms with E-state index in [-0.39, 0.29) is 5.91 Å². The fourth-order valence-electron chi connectivity index (χ4n) is 3.62. The lowest BCUT2D eigenvalue weighted by atomic mass is 10.1. The minimum absolute atomic E-state index is 0.118. The van der Waals surface area contributed by atoms with E-state index in [9.17, 15) is 4.79 Å². The van der Waals surface area contributed by atoms with Crippen molar-refractivity contribution in [2.45, 2.75) is 26.4 Å². The zero-order valence-electron chi connectivity index (χ0n) is 13.6. The van der Waals surface area contributed by atoms with Crippen LogP contribution in [0.1, 0.15) is 23.6 Å². The molecule has 0 fully saturated rings. The second-order valence-corrected chi connectivity index (χ2v) is 6.54. The second kappa shape index (κ2) is 5.39. The Labute approximate surface area is 136 Å². The molecule has 23 heavy (non-hydrogen) atoms. The van der Waals surface area contributed by atoms with Crippen LogP contribution in [0, 0.1) is 0 Å². The molecule has 2 aliphatic heterocycles. The average molecular weight is 307 g/mol. The fourth-order valence-corrected chi connectivity index (χ4v) is 3.62. The third kappa shape index (κ3) is 2.59. The standard InChI is InChI=1S/C19H21N3O/c1-13(23)22-8-7-14-9-18(5-6-19(14)22)20-17-4-3-15-11-21(2)12-16(15)10-17/h3-6,9-10,20H,7-8,11-12H2,1-2H3. The fraction of sp³-hybridized carbons (Fsp3) is 0.316. The number of nitrogens with zero attached hydrogens (tertiary/aromatic N) is 2. The van der Waals surface area contributed by atoms with Gasteiger partial charge in [-0.15, -0.1) is 0 Å². The first-order valence-corrected chi connectivity index (χ1v) is 8.08. The molecule has 2 aromatic rings. The highest BCUT2D eigenvalue weighted by molar-refractivity contribution is 5.94. The Kier molecular flexibility index (Phi) is 3.34. The molecule has 0 saturated heterocycles. The average Bonchev–Trinajstić information content (AvgIpc) is 3.08. The molecule has 4 heteroatoms. The molecule has 1 N–H and O–H groups in total. The number of anilines is 3. The summed E-state index contributed by atoms with van der Waals surface area (Å²) in [4.78, 5) is 15.8. The minimum atomic E-state index is 0.118. The summed E-state index contributed by atoms with van der Waals surface area (Å²) in [6, 6.07) is 12.9. The van der Waals surface area contributed by atoms with Gasteiger partial charge in [0.2, 0.25) is 5.91 Å². The highest BCUT2D eigenvalue weighted by Crippen LogP contribution is 2.32. The van der Waals surface area contributed by atoms with Gasteiger partial charge in [0, 0.05) is 43.6 Å². The van der Waals surface area contributed by atoms with E-state index in [1.807, 2.05) is 11.0 Å². The van der Waals surface area contributed by atoms with E-state index in [4.69, 9.17) is 0 Å². The summed E-state index contributed by atoms with van der Waals surface area (Å²) in [7, 11) is 2.15. The molecule has 0 aromatic heterocycles. The molecule has 0 bridgehead atoms. The van der Waals surface area contributed by atoms with E-state index < -0.39 is 0 Å². The Morgan fingerprint density at radius 3 is 2.48 bits per heavy atom. The molecule has 0 saturated carbocycles. The van der Waals surface area contributed by atoms with Crippen molar-refractivity contribution >= 4 is 23.0 Å². The highest BCUT2D eigenvalue weighted by atomic mass is 16.2. The van der Waals surface area contributed by atoms with E-state index >= 15 is 0 Å². The number of amides is 1. The number of rotatable bonds is 2. The van der Waals surface area contributed by atoms with Crippen molar-refractivity contribution in [1.82, 2.24) is 4.90 Å². The van der Waals surface area contributed by atoms with Gasteiger partial charge in [-0.25, -0.2) is 0 Å². The van der Waals surface area contributed by atoms with Crippen molar-refractivity contribution in [3.05, 3.63) is 53.1 Å². The molecule has 2 heterocycles. The number of carbonyl (C=O) groups excluding carboxylic acids is 1. The van der Waals surface area contributed by atoms with Gasteiger partial charge in [-0.05, 0) is 60.5 Å². The quantitative estimate of drug-likeness (QED) is 0.925. The first-order chi connectivity index (χ1) is 11.1. The van der Waals surface area contributed by atoms with Gasteiger partial charge in [-0.3, -0.25) is 9.69 Å². The van der Waals surface area contributed by atoms with Crippen molar-refractivity contribution in [2.75, 3.05) is 23.8 Å². The van der Waals surface area contributed by atoms with Crippen LogP contribution in [0.3, 0.4) is 0 Å². The van der Waals surface area contributed by atoms with Crippen LogP contribution in [0.5, 0.6) is 0 Å². The molecule has 2 aromatic carbocycles. The van der Waals surface area contributed by atoms with Gasteiger partial charge in [0.05, 0.1) is 0 Å². The largest absolute Gasteiger partial charge is 0.356 e. The Hall–Kier alpha value is -2.33. The van der Waals surface area contributed by atoms with Crippen LogP contribution in [0.4, 0.5) is 17.1 Å². The molecular weight excluding hydrogens is 286 g/mol. The number of hydrogen-bond donors (Lipinski definition) is 1. The smallest absolute Gasteiger partial charge is 0.223 e. The molecule has 0 unspecified atom stereocenters. The maximum atomic E-state index is 11.6. The third-order valence-corrected chi connectivity index (χ3v) is 4.73. The second-order valence-electron chi connectivity index (χ2n) is 6.54. The predicted molar refractivity (Wildman–Crippen MR) is 93.1 cm³/mol. The van der Waals surface area contributed by atoms with Crippen LogP contribution in [0.2, 0.25) is 0 Å². The van der Waals surface area contributed by atoms with Gasteiger partial charge in [0.1, 0.15) is 0 Å². The van der Waals surface area contributed by atoms with Crippen molar-refractivity contribution in [2.24, 2.45) is 0 Å². The maximum absolute atomic E-state index is 11.6. The Balaban J connectivity index is 1.57. The lowest BCUT2D eigenvalue weighted by Gasteiger charge is -2.15. The first-order valence-electron chi connectivity index (χ1n) is 8.08. The Morgan fingerprint density at radius 2 is 1.70 bits per heavy atom. The number of nitrogens with one attached hydrogen (secondary N) is 1. The molecule has 4 nitrogen and oxygen atoms in total.